The maximum atomic E-state index is 6.13. The number of halogens is 1. The van der Waals surface area contributed by atoms with Crippen LogP contribution in [0, 0.1) is 0 Å². The Labute approximate surface area is 128 Å². The van der Waals surface area contributed by atoms with Crippen molar-refractivity contribution in [2.45, 2.75) is 94.0 Å². The summed E-state index contributed by atoms with van der Waals surface area (Å²) in [7, 11) is 0. The highest BCUT2D eigenvalue weighted by molar-refractivity contribution is 14.1. The van der Waals surface area contributed by atoms with Gasteiger partial charge in [0.1, 0.15) is 0 Å². The lowest BCUT2D eigenvalue weighted by atomic mass is 9.98. The minimum atomic E-state index is 0.543. The average molecular weight is 366 g/mol. The fraction of sp³-hybridized carbons (Fsp3) is 1.00. The van der Waals surface area contributed by atoms with Crippen LogP contribution in [0.5, 0.6) is 0 Å². The van der Waals surface area contributed by atoms with Crippen LogP contribution in [0.3, 0.4) is 0 Å². The molecule has 1 nitrogen and oxygen atoms in total. The quantitative estimate of drug-likeness (QED) is 0.296. The molecule has 0 bridgehead atoms. The maximum absolute atomic E-state index is 6.13. The first-order chi connectivity index (χ1) is 8.84. The lowest BCUT2D eigenvalue weighted by Gasteiger charge is -2.25. The Morgan fingerprint density at radius 3 is 2.33 bits per heavy atom. The van der Waals surface area contributed by atoms with Crippen molar-refractivity contribution in [3.63, 3.8) is 0 Å². The van der Waals surface area contributed by atoms with E-state index in [1.54, 1.807) is 0 Å². The number of alkyl halides is 1. The van der Waals surface area contributed by atoms with Gasteiger partial charge in [0.05, 0.1) is 6.10 Å². The van der Waals surface area contributed by atoms with Crippen molar-refractivity contribution in [3.05, 3.63) is 0 Å². The Morgan fingerprint density at radius 1 is 0.889 bits per heavy atom. The van der Waals surface area contributed by atoms with Crippen LogP contribution >= 0.6 is 22.6 Å². The van der Waals surface area contributed by atoms with Crippen LogP contribution in [0.1, 0.15) is 84.0 Å². The van der Waals surface area contributed by atoms with Gasteiger partial charge in [0.25, 0.3) is 0 Å². The van der Waals surface area contributed by atoms with Crippen LogP contribution in [0.25, 0.3) is 0 Å². The van der Waals surface area contributed by atoms with E-state index in [1.165, 1.54) is 77.0 Å². The summed E-state index contributed by atoms with van der Waals surface area (Å²) in [4.78, 5) is 0. The van der Waals surface area contributed by atoms with E-state index in [0.717, 1.165) is 10.5 Å². The van der Waals surface area contributed by atoms with Gasteiger partial charge in [0, 0.05) is 10.5 Å². The molecule has 1 fully saturated rings. The SMILES string of the molecule is CCCCCCCCOC1CCCCCCC1I. The molecule has 1 rings (SSSR count). The van der Waals surface area contributed by atoms with Gasteiger partial charge < -0.3 is 4.74 Å². The number of unbranched alkanes of at least 4 members (excludes halogenated alkanes) is 5. The summed E-state index contributed by atoms with van der Waals surface area (Å²) in [6.45, 7) is 3.27. The van der Waals surface area contributed by atoms with E-state index < -0.39 is 0 Å². The zero-order valence-electron chi connectivity index (χ0n) is 12.1. The molecule has 0 amide bonds. The number of hydrogen-bond acceptors (Lipinski definition) is 1. The third-order valence-electron chi connectivity index (χ3n) is 3.95. The van der Waals surface area contributed by atoms with Crippen LogP contribution < -0.4 is 0 Å². The molecule has 0 aromatic rings. The van der Waals surface area contributed by atoms with Crippen LogP contribution in [-0.2, 0) is 4.74 Å². The first-order valence-electron chi connectivity index (χ1n) is 8.10. The van der Waals surface area contributed by atoms with Gasteiger partial charge >= 0.3 is 0 Å². The fourth-order valence-corrected chi connectivity index (χ4v) is 3.72. The average Bonchev–Trinajstić information content (AvgIpc) is 2.36. The molecule has 0 heterocycles. The zero-order valence-corrected chi connectivity index (χ0v) is 14.3. The fourth-order valence-electron chi connectivity index (χ4n) is 2.71. The van der Waals surface area contributed by atoms with Gasteiger partial charge in [-0.1, -0.05) is 87.3 Å². The standard InChI is InChI=1S/C16H31IO/c1-2-3-4-5-8-11-14-18-16-13-10-7-6-9-12-15(16)17/h15-16H,2-14H2,1H3. The zero-order chi connectivity index (χ0) is 13.1. The predicted molar refractivity (Wildman–Crippen MR) is 88.6 cm³/mol. The van der Waals surface area contributed by atoms with Gasteiger partial charge in [-0.05, 0) is 19.3 Å². The molecule has 0 aromatic carbocycles. The molecule has 2 unspecified atom stereocenters. The van der Waals surface area contributed by atoms with Crippen molar-refractivity contribution in [3.8, 4) is 0 Å². The van der Waals surface area contributed by atoms with E-state index >= 15 is 0 Å². The summed E-state index contributed by atoms with van der Waals surface area (Å²) in [5, 5.41) is 0. The van der Waals surface area contributed by atoms with Crippen molar-refractivity contribution in [2.75, 3.05) is 6.61 Å². The molecule has 0 saturated heterocycles. The largest absolute Gasteiger partial charge is 0.377 e. The first kappa shape index (κ1) is 16.7. The molecule has 0 N–H and O–H groups in total. The Balaban J connectivity index is 2.01. The van der Waals surface area contributed by atoms with Crippen LogP contribution in [0.15, 0.2) is 0 Å². The van der Waals surface area contributed by atoms with Gasteiger partial charge in [-0.25, -0.2) is 0 Å². The van der Waals surface area contributed by atoms with Crippen LogP contribution in [0.2, 0.25) is 0 Å². The molecule has 0 aromatic heterocycles. The summed E-state index contributed by atoms with van der Waals surface area (Å²) in [6, 6.07) is 0. The third-order valence-corrected chi connectivity index (χ3v) is 5.38. The van der Waals surface area contributed by atoms with E-state index in [2.05, 4.69) is 29.5 Å². The molecule has 1 aliphatic carbocycles. The number of hydrogen-bond donors (Lipinski definition) is 0. The molecule has 2 heteroatoms. The van der Waals surface area contributed by atoms with Crippen molar-refractivity contribution in [2.24, 2.45) is 0 Å². The molecule has 2 atom stereocenters. The molecular formula is C16H31IO. The van der Waals surface area contributed by atoms with Crippen molar-refractivity contribution >= 4 is 22.6 Å². The van der Waals surface area contributed by atoms with E-state index in [4.69, 9.17) is 4.74 Å². The normalized spacial score (nSPS) is 25.7. The van der Waals surface area contributed by atoms with Gasteiger partial charge in [-0.15, -0.1) is 0 Å². The monoisotopic (exact) mass is 366 g/mol. The second-order valence-corrected chi connectivity index (χ2v) is 7.28. The van der Waals surface area contributed by atoms with Crippen LogP contribution in [-0.4, -0.2) is 16.6 Å². The predicted octanol–water partition coefficient (Wildman–Crippen LogP) is 5.89. The molecule has 0 spiro atoms. The van der Waals surface area contributed by atoms with Gasteiger partial charge in [-0.2, -0.15) is 0 Å². The number of ether oxygens (including phenoxy) is 1. The number of rotatable bonds is 8. The van der Waals surface area contributed by atoms with Crippen molar-refractivity contribution in [1.29, 1.82) is 0 Å². The smallest absolute Gasteiger partial charge is 0.0692 e. The highest BCUT2D eigenvalue weighted by Gasteiger charge is 2.20. The Morgan fingerprint density at radius 2 is 1.56 bits per heavy atom. The first-order valence-corrected chi connectivity index (χ1v) is 9.35. The Hall–Kier alpha value is 0.690. The van der Waals surface area contributed by atoms with Gasteiger partial charge in [-0.3, -0.25) is 0 Å². The molecular weight excluding hydrogens is 335 g/mol. The summed E-state index contributed by atoms with van der Waals surface area (Å²) in [6.07, 6.45) is 17.0. The summed E-state index contributed by atoms with van der Waals surface area (Å²) >= 11 is 2.62. The molecule has 18 heavy (non-hydrogen) atoms. The maximum Gasteiger partial charge on any atom is 0.0692 e. The van der Waals surface area contributed by atoms with Gasteiger partial charge in [0.15, 0.2) is 0 Å². The highest BCUT2D eigenvalue weighted by Crippen LogP contribution is 2.25. The molecule has 0 radical (unpaired) electrons. The van der Waals surface area contributed by atoms with Crippen LogP contribution in [0.4, 0.5) is 0 Å². The van der Waals surface area contributed by atoms with E-state index in [-0.39, 0.29) is 0 Å². The summed E-state index contributed by atoms with van der Waals surface area (Å²) in [5.74, 6) is 0. The highest BCUT2D eigenvalue weighted by atomic mass is 127. The molecule has 1 saturated carbocycles. The second kappa shape index (κ2) is 11.5. The lowest BCUT2D eigenvalue weighted by Crippen LogP contribution is -2.26. The molecule has 1 aliphatic rings. The van der Waals surface area contributed by atoms with E-state index in [9.17, 15) is 0 Å². The topological polar surface area (TPSA) is 9.23 Å². The van der Waals surface area contributed by atoms with E-state index in [0.29, 0.717) is 6.10 Å². The molecule has 0 aliphatic heterocycles. The summed E-state index contributed by atoms with van der Waals surface area (Å²) in [5.41, 5.74) is 0. The minimum absolute atomic E-state index is 0.543. The molecule has 108 valence electrons. The van der Waals surface area contributed by atoms with E-state index in [1.807, 2.05) is 0 Å². The van der Waals surface area contributed by atoms with Gasteiger partial charge in [0.2, 0.25) is 0 Å². The van der Waals surface area contributed by atoms with Crippen molar-refractivity contribution in [1.82, 2.24) is 0 Å². The second-order valence-electron chi connectivity index (χ2n) is 5.68. The minimum Gasteiger partial charge on any atom is -0.377 e. The Bertz CT molecular complexity index is 184. The van der Waals surface area contributed by atoms with Crippen molar-refractivity contribution < 1.29 is 4.74 Å². The third kappa shape index (κ3) is 7.98. The lowest BCUT2D eigenvalue weighted by molar-refractivity contribution is 0.0404. The Kier molecular flexibility index (Phi) is 10.7. The summed E-state index contributed by atoms with van der Waals surface area (Å²) < 4.78 is 6.88.